The average molecular weight is 405 g/mol. The topological polar surface area (TPSA) is 82.6 Å². The fraction of sp³-hybridized carbons (Fsp3) is 0.619. The lowest BCUT2D eigenvalue weighted by Gasteiger charge is -2.46. The number of morpholine rings is 1. The van der Waals surface area contributed by atoms with Gasteiger partial charge in [-0.1, -0.05) is 30.3 Å². The van der Waals surface area contributed by atoms with Gasteiger partial charge in [-0.3, -0.25) is 14.6 Å². The van der Waals surface area contributed by atoms with Gasteiger partial charge in [0.05, 0.1) is 19.8 Å². The first-order chi connectivity index (χ1) is 13.9. The van der Waals surface area contributed by atoms with E-state index in [-0.39, 0.29) is 37.2 Å². The lowest BCUT2D eigenvalue weighted by Crippen LogP contribution is -2.63. The van der Waals surface area contributed by atoms with Crippen molar-refractivity contribution in [3.05, 3.63) is 35.9 Å². The van der Waals surface area contributed by atoms with Crippen molar-refractivity contribution in [3.63, 3.8) is 0 Å². The van der Waals surface area contributed by atoms with Crippen LogP contribution in [-0.4, -0.2) is 95.9 Å². The number of ether oxygens (including phenoxy) is 2. The molecule has 1 aromatic carbocycles. The van der Waals surface area contributed by atoms with Crippen LogP contribution in [0.25, 0.3) is 0 Å². The van der Waals surface area contributed by atoms with Gasteiger partial charge < -0.3 is 19.5 Å². The van der Waals surface area contributed by atoms with Crippen LogP contribution in [0, 0.1) is 0 Å². The number of benzene rings is 1. The molecule has 8 nitrogen and oxygen atoms in total. The predicted octanol–water partition coefficient (Wildman–Crippen LogP) is 1.50. The van der Waals surface area contributed by atoms with Crippen molar-refractivity contribution in [1.29, 1.82) is 0 Å². The maximum atomic E-state index is 12.5. The van der Waals surface area contributed by atoms with E-state index in [1.54, 1.807) is 0 Å². The quantitative estimate of drug-likeness (QED) is 0.718. The summed E-state index contributed by atoms with van der Waals surface area (Å²) in [5.74, 6) is -0.287. The molecule has 3 atom stereocenters. The number of nitrogens with zero attached hydrogens (tertiary/aromatic N) is 3. The third kappa shape index (κ3) is 5.91. The fourth-order valence-electron chi connectivity index (χ4n) is 4.00. The molecule has 0 bridgehead atoms. The second kappa shape index (κ2) is 10.0. The first-order valence-electron chi connectivity index (χ1n) is 10.2. The van der Waals surface area contributed by atoms with E-state index in [0.29, 0.717) is 32.8 Å². The van der Waals surface area contributed by atoms with Crippen LogP contribution in [0.3, 0.4) is 0 Å². The zero-order chi connectivity index (χ0) is 20.8. The van der Waals surface area contributed by atoms with E-state index in [2.05, 4.69) is 16.7 Å². The Hall–Kier alpha value is -2.16. The van der Waals surface area contributed by atoms with Gasteiger partial charge in [0, 0.05) is 44.3 Å². The van der Waals surface area contributed by atoms with E-state index in [9.17, 15) is 14.7 Å². The lowest BCUT2D eigenvalue weighted by molar-refractivity contribution is -0.148. The van der Waals surface area contributed by atoms with Crippen molar-refractivity contribution < 1.29 is 24.2 Å². The van der Waals surface area contributed by atoms with Gasteiger partial charge in [0.15, 0.2) is 0 Å². The molecule has 3 rings (SSSR count). The molecule has 0 aliphatic carbocycles. The maximum absolute atomic E-state index is 12.5. The van der Waals surface area contributed by atoms with Gasteiger partial charge in [-0.25, -0.2) is 4.79 Å². The lowest BCUT2D eigenvalue weighted by atomic mass is 10.1. The van der Waals surface area contributed by atoms with E-state index in [0.717, 1.165) is 12.1 Å². The van der Waals surface area contributed by atoms with Crippen molar-refractivity contribution >= 4 is 12.1 Å². The van der Waals surface area contributed by atoms with Crippen molar-refractivity contribution in [1.82, 2.24) is 14.7 Å². The summed E-state index contributed by atoms with van der Waals surface area (Å²) in [7, 11) is 0. The van der Waals surface area contributed by atoms with Gasteiger partial charge in [0.1, 0.15) is 6.61 Å². The SMILES string of the molecule is CC1COCCN1C[C@H]1CN(C(=O)O)[C@H](C)CN1CC(=O)OCc1ccccc1. The van der Waals surface area contributed by atoms with Crippen LogP contribution in [0.5, 0.6) is 0 Å². The Balaban J connectivity index is 1.62. The number of rotatable bonds is 6. The Kier molecular flexibility index (Phi) is 7.46. The molecule has 0 spiro atoms. The van der Waals surface area contributed by atoms with Gasteiger partial charge in [-0.15, -0.1) is 0 Å². The summed E-state index contributed by atoms with van der Waals surface area (Å²) in [5, 5.41) is 9.54. The van der Waals surface area contributed by atoms with Crippen molar-refractivity contribution in [3.8, 4) is 0 Å². The first kappa shape index (κ1) is 21.5. The highest BCUT2D eigenvalue weighted by Gasteiger charge is 2.37. The summed E-state index contributed by atoms with van der Waals surface area (Å²) in [6, 6.07) is 9.62. The van der Waals surface area contributed by atoms with Gasteiger partial charge in [-0.2, -0.15) is 0 Å². The van der Waals surface area contributed by atoms with Crippen LogP contribution in [0.2, 0.25) is 0 Å². The number of esters is 1. The minimum absolute atomic E-state index is 0.0628. The number of hydrogen-bond donors (Lipinski definition) is 1. The van der Waals surface area contributed by atoms with Crippen LogP contribution in [0.15, 0.2) is 30.3 Å². The summed E-state index contributed by atoms with van der Waals surface area (Å²) in [4.78, 5) is 30.0. The highest BCUT2D eigenvalue weighted by molar-refractivity contribution is 5.72. The fourth-order valence-corrected chi connectivity index (χ4v) is 4.00. The van der Waals surface area contributed by atoms with Gasteiger partial charge >= 0.3 is 12.1 Å². The molecule has 0 aromatic heterocycles. The summed E-state index contributed by atoms with van der Waals surface area (Å²) < 4.78 is 11.0. The zero-order valence-corrected chi connectivity index (χ0v) is 17.2. The van der Waals surface area contributed by atoms with Gasteiger partial charge in [0.2, 0.25) is 0 Å². The molecule has 2 heterocycles. The van der Waals surface area contributed by atoms with Crippen LogP contribution in [0.4, 0.5) is 4.79 Å². The van der Waals surface area contributed by atoms with Crippen molar-refractivity contribution in [2.24, 2.45) is 0 Å². The predicted molar refractivity (Wildman–Crippen MR) is 108 cm³/mol. The molecule has 0 radical (unpaired) electrons. The van der Waals surface area contributed by atoms with E-state index in [1.165, 1.54) is 4.90 Å². The molecular weight excluding hydrogens is 374 g/mol. The summed E-state index contributed by atoms with van der Waals surface area (Å²) in [5.41, 5.74) is 0.948. The van der Waals surface area contributed by atoms with Crippen molar-refractivity contribution in [2.75, 3.05) is 45.9 Å². The Morgan fingerprint density at radius 2 is 1.90 bits per heavy atom. The average Bonchev–Trinajstić information content (AvgIpc) is 2.70. The van der Waals surface area contributed by atoms with E-state index in [4.69, 9.17) is 9.47 Å². The molecule has 160 valence electrons. The number of hydrogen-bond acceptors (Lipinski definition) is 6. The Bertz CT molecular complexity index is 686. The Labute approximate surface area is 172 Å². The zero-order valence-electron chi connectivity index (χ0n) is 17.2. The smallest absolute Gasteiger partial charge is 0.407 e. The van der Waals surface area contributed by atoms with Gasteiger partial charge in [0.25, 0.3) is 0 Å². The number of carbonyl (C=O) groups is 2. The number of piperazine rings is 1. The molecule has 2 fully saturated rings. The third-order valence-corrected chi connectivity index (χ3v) is 5.73. The molecule has 8 heteroatoms. The molecular formula is C21H31N3O5. The molecule has 1 N–H and O–H groups in total. The van der Waals surface area contributed by atoms with Crippen LogP contribution in [-0.2, 0) is 20.9 Å². The monoisotopic (exact) mass is 405 g/mol. The van der Waals surface area contributed by atoms with E-state index < -0.39 is 6.09 Å². The maximum Gasteiger partial charge on any atom is 0.407 e. The molecule has 2 aliphatic rings. The first-order valence-corrected chi connectivity index (χ1v) is 10.2. The van der Waals surface area contributed by atoms with Crippen LogP contribution < -0.4 is 0 Å². The summed E-state index contributed by atoms with van der Waals surface area (Å²) >= 11 is 0. The highest BCUT2D eigenvalue weighted by Crippen LogP contribution is 2.19. The van der Waals surface area contributed by atoms with Gasteiger partial charge in [-0.05, 0) is 19.4 Å². The van der Waals surface area contributed by atoms with Crippen LogP contribution >= 0.6 is 0 Å². The normalized spacial score (nSPS) is 26.3. The second-order valence-electron chi connectivity index (χ2n) is 7.93. The molecule has 1 unspecified atom stereocenters. The largest absolute Gasteiger partial charge is 0.465 e. The molecule has 2 saturated heterocycles. The number of carbonyl (C=O) groups excluding carboxylic acids is 1. The summed E-state index contributed by atoms with van der Waals surface area (Å²) in [6.45, 7) is 8.15. The van der Waals surface area contributed by atoms with Crippen molar-refractivity contribution in [2.45, 2.75) is 38.6 Å². The molecule has 1 amide bonds. The minimum Gasteiger partial charge on any atom is -0.465 e. The Morgan fingerprint density at radius 1 is 1.14 bits per heavy atom. The van der Waals surface area contributed by atoms with E-state index >= 15 is 0 Å². The van der Waals surface area contributed by atoms with Crippen LogP contribution in [0.1, 0.15) is 19.4 Å². The highest BCUT2D eigenvalue weighted by atomic mass is 16.5. The standard InChI is InChI=1S/C21H31N3O5/c1-16-10-23(13-20(25)29-15-18-6-4-3-5-7-18)19(12-24(16)21(26)27)11-22-8-9-28-14-17(22)2/h3-7,16-17,19H,8-15H2,1-2H3,(H,26,27)/t16-,17?,19+/m1/s1. The third-order valence-electron chi connectivity index (χ3n) is 5.73. The number of carboxylic acid groups (broad SMARTS) is 1. The van der Waals surface area contributed by atoms with E-state index in [1.807, 2.05) is 37.3 Å². The number of amides is 1. The second-order valence-corrected chi connectivity index (χ2v) is 7.93. The molecule has 29 heavy (non-hydrogen) atoms. The summed E-state index contributed by atoms with van der Waals surface area (Å²) in [6.07, 6.45) is -0.913. The molecule has 1 aromatic rings. The molecule has 0 saturated carbocycles. The Morgan fingerprint density at radius 3 is 2.59 bits per heavy atom. The molecule has 2 aliphatic heterocycles. The minimum atomic E-state index is -0.913.